The minimum atomic E-state index is -0.479. The molecule has 4 rings (SSSR count). The molecule has 38 heavy (non-hydrogen) atoms. The monoisotopic (exact) mass is 559 g/mol. The van der Waals surface area contributed by atoms with Crippen molar-refractivity contribution in [1.82, 2.24) is 14.9 Å². The number of methoxy groups -OCH3 is 2. The van der Waals surface area contributed by atoms with Crippen LogP contribution in [0, 0.1) is 0 Å². The Morgan fingerprint density at radius 1 is 1.00 bits per heavy atom. The lowest BCUT2D eigenvalue weighted by Gasteiger charge is -2.34. The van der Waals surface area contributed by atoms with Crippen LogP contribution in [0.5, 0.6) is 11.5 Å². The van der Waals surface area contributed by atoms with Gasteiger partial charge in [-0.2, -0.15) is 0 Å². The van der Waals surface area contributed by atoms with E-state index in [-0.39, 0.29) is 15.7 Å². The summed E-state index contributed by atoms with van der Waals surface area (Å²) in [6, 6.07) is 11.0. The summed E-state index contributed by atoms with van der Waals surface area (Å²) in [7, 11) is 5.08. The van der Waals surface area contributed by atoms with E-state index < -0.39 is 6.03 Å². The molecule has 0 atom stereocenters. The number of rotatable bonds is 8. The van der Waals surface area contributed by atoms with Gasteiger partial charge in [0.1, 0.15) is 39.5 Å². The molecule has 1 aliphatic rings. The maximum absolute atomic E-state index is 13.3. The van der Waals surface area contributed by atoms with E-state index in [9.17, 15) is 4.79 Å². The summed E-state index contributed by atoms with van der Waals surface area (Å²) in [5.41, 5.74) is 2.25. The van der Waals surface area contributed by atoms with Gasteiger partial charge < -0.3 is 29.9 Å². The van der Waals surface area contributed by atoms with Crippen molar-refractivity contribution in [3.8, 4) is 11.5 Å². The van der Waals surface area contributed by atoms with Crippen LogP contribution in [0.2, 0.25) is 10.0 Å². The number of anilines is 5. The van der Waals surface area contributed by atoms with Crippen molar-refractivity contribution >= 4 is 57.9 Å². The van der Waals surface area contributed by atoms with Crippen LogP contribution in [0.1, 0.15) is 6.92 Å². The zero-order valence-corrected chi connectivity index (χ0v) is 23.3. The molecule has 0 saturated carbocycles. The summed E-state index contributed by atoms with van der Waals surface area (Å²) >= 11 is 12.8. The number of carbonyl (C=O) groups excluding carboxylic acids is 1. The van der Waals surface area contributed by atoms with Crippen molar-refractivity contribution in [2.45, 2.75) is 6.92 Å². The van der Waals surface area contributed by atoms with E-state index in [0.717, 1.165) is 31.9 Å². The lowest BCUT2D eigenvalue weighted by molar-refractivity contribution is 0.257. The number of hydrogen-bond donors (Lipinski definition) is 2. The summed E-state index contributed by atoms with van der Waals surface area (Å²) in [5, 5.41) is 6.37. The average molecular weight is 560 g/mol. The Balaban J connectivity index is 1.49. The van der Waals surface area contributed by atoms with E-state index in [1.165, 1.54) is 31.1 Å². The van der Waals surface area contributed by atoms with Gasteiger partial charge in [-0.15, -0.1) is 0 Å². The molecule has 0 bridgehead atoms. The van der Waals surface area contributed by atoms with E-state index >= 15 is 0 Å². The van der Waals surface area contributed by atoms with E-state index in [0.29, 0.717) is 29.7 Å². The molecular formula is C26H31Cl2N7O3. The standard InChI is InChI=1S/C26H31Cl2N7O3/c1-5-35(26(36)32-25-23(27)19(37-3)14-20(38-4)24(25)28)22-15-21(29-16-30-22)31-17-6-8-18(9-7-17)34-12-10-33(2)11-13-34/h6-9,14-16H,5,10-13H2,1-4H3,(H,32,36)(H,29,30,31). The Labute approximate surface area is 232 Å². The Morgan fingerprint density at radius 2 is 1.63 bits per heavy atom. The number of carbonyl (C=O) groups is 1. The predicted molar refractivity (Wildman–Crippen MR) is 153 cm³/mol. The molecule has 1 aromatic heterocycles. The van der Waals surface area contributed by atoms with Crippen LogP contribution >= 0.6 is 23.2 Å². The number of piperazine rings is 1. The molecule has 0 unspecified atom stereocenters. The molecule has 1 saturated heterocycles. The van der Waals surface area contributed by atoms with Gasteiger partial charge in [0.15, 0.2) is 0 Å². The van der Waals surface area contributed by atoms with Crippen molar-refractivity contribution in [1.29, 1.82) is 0 Å². The number of likely N-dealkylation sites (N-methyl/N-ethyl adjacent to an activating group) is 1. The van der Waals surface area contributed by atoms with E-state index in [4.69, 9.17) is 32.7 Å². The highest BCUT2D eigenvalue weighted by Crippen LogP contribution is 2.44. The van der Waals surface area contributed by atoms with E-state index in [2.05, 4.69) is 49.6 Å². The second-order valence-electron chi connectivity index (χ2n) is 8.68. The summed E-state index contributed by atoms with van der Waals surface area (Å²) in [6.07, 6.45) is 1.40. The SMILES string of the molecule is CCN(C(=O)Nc1c(Cl)c(OC)cc(OC)c1Cl)c1cc(Nc2ccc(N3CCN(C)CC3)cc2)ncn1. The van der Waals surface area contributed by atoms with Gasteiger partial charge in [-0.1, -0.05) is 23.2 Å². The number of ether oxygens (including phenoxy) is 2. The van der Waals surface area contributed by atoms with Crippen molar-refractivity contribution < 1.29 is 14.3 Å². The number of halogens is 2. The second kappa shape index (κ2) is 12.4. The lowest BCUT2D eigenvalue weighted by Crippen LogP contribution is -2.44. The van der Waals surface area contributed by atoms with Gasteiger partial charge in [-0.25, -0.2) is 14.8 Å². The maximum Gasteiger partial charge on any atom is 0.327 e. The first-order chi connectivity index (χ1) is 18.3. The van der Waals surface area contributed by atoms with Crippen LogP contribution in [-0.4, -0.2) is 74.9 Å². The highest BCUT2D eigenvalue weighted by molar-refractivity contribution is 6.41. The van der Waals surface area contributed by atoms with Crippen molar-refractivity contribution in [2.24, 2.45) is 0 Å². The van der Waals surface area contributed by atoms with Crippen LogP contribution in [0.15, 0.2) is 42.7 Å². The number of aromatic nitrogens is 2. The number of nitrogens with zero attached hydrogens (tertiary/aromatic N) is 5. The molecule has 10 nitrogen and oxygen atoms in total. The Morgan fingerprint density at radius 3 is 2.21 bits per heavy atom. The van der Waals surface area contributed by atoms with Gasteiger partial charge in [0, 0.05) is 56.2 Å². The second-order valence-corrected chi connectivity index (χ2v) is 9.44. The molecule has 2 N–H and O–H groups in total. The molecule has 2 heterocycles. The molecule has 0 radical (unpaired) electrons. The minimum absolute atomic E-state index is 0.160. The van der Waals surface area contributed by atoms with Crippen LogP contribution in [0.25, 0.3) is 0 Å². The maximum atomic E-state index is 13.3. The molecule has 1 fully saturated rings. The first-order valence-electron chi connectivity index (χ1n) is 12.2. The zero-order valence-electron chi connectivity index (χ0n) is 21.8. The molecule has 2 amide bonds. The largest absolute Gasteiger partial charge is 0.495 e. The highest BCUT2D eigenvalue weighted by atomic mass is 35.5. The van der Waals surface area contributed by atoms with E-state index in [1.807, 2.05) is 19.1 Å². The third-order valence-corrected chi connectivity index (χ3v) is 7.05. The number of hydrogen-bond acceptors (Lipinski definition) is 8. The molecule has 0 spiro atoms. The molecule has 1 aliphatic heterocycles. The van der Waals surface area contributed by atoms with Crippen LogP contribution < -0.4 is 29.9 Å². The van der Waals surface area contributed by atoms with Gasteiger partial charge in [0.2, 0.25) is 0 Å². The fraction of sp³-hybridized carbons (Fsp3) is 0.346. The van der Waals surface area contributed by atoms with Gasteiger partial charge >= 0.3 is 6.03 Å². The molecule has 202 valence electrons. The smallest absolute Gasteiger partial charge is 0.327 e. The Bertz CT molecular complexity index is 1240. The topological polar surface area (TPSA) is 95.1 Å². The number of amides is 2. The molecule has 2 aromatic carbocycles. The van der Waals surface area contributed by atoms with Gasteiger partial charge in [0.25, 0.3) is 0 Å². The predicted octanol–water partition coefficient (Wildman–Crippen LogP) is 5.35. The van der Waals surface area contributed by atoms with Crippen molar-refractivity contribution in [2.75, 3.05) is 74.4 Å². The van der Waals surface area contributed by atoms with Crippen molar-refractivity contribution in [3.05, 3.63) is 52.8 Å². The van der Waals surface area contributed by atoms with Gasteiger partial charge in [0.05, 0.1) is 19.9 Å². The summed E-state index contributed by atoms with van der Waals surface area (Å²) in [6.45, 7) is 6.28. The average Bonchev–Trinajstić information content (AvgIpc) is 2.93. The number of nitrogens with one attached hydrogen (secondary N) is 2. The van der Waals surface area contributed by atoms with Crippen LogP contribution in [0.3, 0.4) is 0 Å². The Hall–Kier alpha value is -3.47. The van der Waals surface area contributed by atoms with Crippen LogP contribution in [-0.2, 0) is 0 Å². The van der Waals surface area contributed by atoms with E-state index in [1.54, 1.807) is 12.1 Å². The minimum Gasteiger partial charge on any atom is -0.495 e. The molecular weight excluding hydrogens is 529 g/mol. The summed E-state index contributed by atoms with van der Waals surface area (Å²) in [4.78, 5) is 28.0. The third kappa shape index (κ3) is 6.15. The quantitative estimate of drug-likeness (QED) is 0.381. The Kier molecular flexibility index (Phi) is 8.98. The fourth-order valence-electron chi connectivity index (χ4n) is 4.11. The first-order valence-corrected chi connectivity index (χ1v) is 12.9. The fourth-order valence-corrected chi connectivity index (χ4v) is 4.71. The first kappa shape index (κ1) is 27.6. The molecule has 0 aliphatic carbocycles. The number of benzene rings is 2. The third-order valence-electron chi connectivity index (χ3n) is 6.30. The molecule has 3 aromatic rings. The normalized spacial score (nSPS) is 13.7. The molecule has 12 heteroatoms. The summed E-state index contributed by atoms with van der Waals surface area (Å²) in [5.74, 6) is 1.59. The number of urea groups is 1. The highest BCUT2D eigenvalue weighted by Gasteiger charge is 2.23. The zero-order chi connectivity index (χ0) is 27.2. The van der Waals surface area contributed by atoms with Gasteiger partial charge in [-0.3, -0.25) is 4.90 Å². The van der Waals surface area contributed by atoms with Gasteiger partial charge in [-0.05, 0) is 38.2 Å². The summed E-state index contributed by atoms with van der Waals surface area (Å²) < 4.78 is 10.6. The van der Waals surface area contributed by atoms with Crippen LogP contribution in [0.4, 0.5) is 33.5 Å². The van der Waals surface area contributed by atoms with Crippen molar-refractivity contribution in [3.63, 3.8) is 0 Å². The lowest BCUT2D eigenvalue weighted by atomic mass is 10.2.